The predicted molar refractivity (Wildman–Crippen MR) is 118 cm³/mol. The predicted octanol–water partition coefficient (Wildman–Crippen LogP) is 2.62. The van der Waals surface area contributed by atoms with Crippen molar-refractivity contribution >= 4 is 47.5 Å². The zero-order valence-corrected chi connectivity index (χ0v) is 21.8. The maximum Gasteiger partial charge on any atom is 0.490 e. The Labute approximate surface area is 249 Å². The van der Waals surface area contributed by atoms with E-state index in [-0.39, 0.29) is 18.7 Å². The summed E-state index contributed by atoms with van der Waals surface area (Å²) in [6.07, 6.45) is -20.0. The molecule has 26 heteroatoms. The Hall–Kier alpha value is -5.46. The Morgan fingerprint density at radius 3 is 1.06 bits per heavy atom. The van der Waals surface area contributed by atoms with E-state index in [2.05, 4.69) is 5.32 Å². The van der Waals surface area contributed by atoms with E-state index >= 15 is 0 Å². The van der Waals surface area contributed by atoms with Gasteiger partial charge < -0.3 is 20.4 Å². The highest BCUT2D eigenvalue weighted by molar-refractivity contribution is 6.23. The van der Waals surface area contributed by atoms with Crippen molar-refractivity contribution in [2.75, 3.05) is 0 Å². The number of rotatable bonds is 1. The van der Waals surface area contributed by atoms with E-state index in [1.54, 1.807) is 24.3 Å². The van der Waals surface area contributed by atoms with Gasteiger partial charge in [-0.15, -0.1) is 0 Å². The highest BCUT2D eigenvalue weighted by Crippen LogP contribution is 2.27. The highest BCUT2D eigenvalue weighted by Gasteiger charge is 2.44. The third-order valence-corrected chi connectivity index (χ3v) is 4.32. The molecule has 0 aliphatic carbocycles. The van der Waals surface area contributed by atoms with Crippen LogP contribution in [0.3, 0.4) is 0 Å². The van der Waals surface area contributed by atoms with Crippen molar-refractivity contribution in [1.82, 2.24) is 10.2 Å². The number of carboxylic acid groups (broad SMARTS) is 4. The maximum atomic E-state index is 12.2. The molecule has 0 saturated carbocycles. The van der Waals surface area contributed by atoms with Gasteiger partial charge in [-0.1, -0.05) is 12.1 Å². The Balaban J connectivity index is 0. The molecule has 4 amide bonds. The number of aliphatic carboxylic acids is 4. The second kappa shape index (κ2) is 16.7. The van der Waals surface area contributed by atoms with Gasteiger partial charge in [0, 0.05) is 6.42 Å². The van der Waals surface area contributed by atoms with Crippen LogP contribution in [0.25, 0.3) is 0 Å². The molecule has 0 aromatic heterocycles. The number of fused-ring (bicyclic) bond motifs is 1. The number of nitrogens with one attached hydrogen (secondary N) is 1. The van der Waals surface area contributed by atoms with Crippen molar-refractivity contribution in [3.63, 3.8) is 0 Å². The molecule has 1 aromatic carbocycles. The summed E-state index contributed by atoms with van der Waals surface area (Å²) >= 11 is 0. The Kier molecular flexibility index (Phi) is 15.5. The van der Waals surface area contributed by atoms with Crippen molar-refractivity contribution in [2.45, 2.75) is 43.6 Å². The number of hydrogen-bond acceptors (Lipinski definition) is 8. The zero-order valence-electron chi connectivity index (χ0n) is 21.8. The molecule has 1 saturated heterocycles. The molecule has 47 heavy (non-hydrogen) atoms. The van der Waals surface area contributed by atoms with Gasteiger partial charge in [-0.2, -0.15) is 52.7 Å². The molecule has 14 nitrogen and oxygen atoms in total. The van der Waals surface area contributed by atoms with Gasteiger partial charge >= 0.3 is 48.6 Å². The molecule has 2 aliphatic heterocycles. The molecule has 1 fully saturated rings. The number of alkyl halides is 12. The lowest BCUT2D eigenvalue weighted by molar-refractivity contribution is -0.193. The van der Waals surface area contributed by atoms with E-state index in [9.17, 15) is 71.9 Å². The van der Waals surface area contributed by atoms with E-state index in [1.165, 1.54) is 0 Å². The SMILES string of the molecule is O=C(O)C(F)(F)F.O=C(O)C(F)(F)F.O=C(O)C(F)(F)F.O=C(O)C(F)(F)F.O=C1CCC(N2C(=O)c3ccccc3C2=O)C(=O)N1. The molecule has 0 bridgehead atoms. The van der Waals surface area contributed by atoms with Crippen molar-refractivity contribution in [3.8, 4) is 0 Å². The molecule has 2 heterocycles. The molecular weight excluding hydrogens is 700 g/mol. The largest absolute Gasteiger partial charge is 0.490 e. The molecule has 5 N–H and O–H groups in total. The summed E-state index contributed by atoms with van der Waals surface area (Å²) in [5.74, 6) is -13.0. The lowest BCUT2D eigenvalue weighted by Crippen LogP contribution is -2.54. The third-order valence-electron chi connectivity index (χ3n) is 4.32. The van der Waals surface area contributed by atoms with Gasteiger partial charge in [0.2, 0.25) is 11.8 Å². The molecule has 1 atom stereocenters. The first-order valence-electron chi connectivity index (χ1n) is 10.9. The van der Waals surface area contributed by atoms with Crippen LogP contribution in [0, 0.1) is 0 Å². The third kappa shape index (κ3) is 15.4. The Morgan fingerprint density at radius 1 is 0.596 bits per heavy atom. The monoisotopic (exact) mass is 714 g/mol. The topological polar surface area (TPSA) is 233 Å². The van der Waals surface area contributed by atoms with Crippen LogP contribution in [-0.2, 0) is 28.8 Å². The summed E-state index contributed by atoms with van der Waals surface area (Å²) in [4.78, 5) is 83.7. The van der Waals surface area contributed by atoms with Crippen LogP contribution in [0.15, 0.2) is 24.3 Å². The fourth-order valence-corrected chi connectivity index (χ4v) is 2.42. The molecule has 0 spiro atoms. The first kappa shape index (κ1) is 43.7. The van der Waals surface area contributed by atoms with Crippen LogP contribution in [0.5, 0.6) is 0 Å². The Morgan fingerprint density at radius 2 is 0.851 bits per heavy atom. The lowest BCUT2D eigenvalue weighted by atomic mass is 10.0. The molecule has 2 aliphatic rings. The Bertz CT molecular complexity index is 1240. The zero-order chi connectivity index (χ0) is 37.9. The lowest BCUT2D eigenvalue weighted by Gasteiger charge is -2.27. The molecule has 264 valence electrons. The molecule has 3 rings (SSSR count). The molecule has 1 unspecified atom stereocenters. The second-order valence-electron chi connectivity index (χ2n) is 7.70. The minimum Gasteiger partial charge on any atom is -0.475 e. The summed E-state index contributed by atoms with van der Waals surface area (Å²) in [5.41, 5.74) is 0.606. The van der Waals surface area contributed by atoms with Crippen molar-refractivity contribution in [2.24, 2.45) is 0 Å². The quantitative estimate of drug-likeness (QED) is 0.209. The second-order valence-corrected chi connectivity index (χ2v) is 7.70. The van der Waals surface area contributed by atoms with E-state index in [4.69, 9.17) is 39.6 Å². The van der Waals surface area contributed by atoms with E-state index in [0.29, 0.717) is 11.1 Å². The average Bonchev–Trinajstić information content (AvgIpc) is 3.13. The van der Waals surface area contributed by atoms with E-state index in [0.717, 1.165) is 4.90 Å². The highest BCUT2D eigenvalue weighted by atomic mass is 19.4. The summed E-state index contributed by atoms with van der Waals surface area (Å²) < 4.78 is 127. The fourth-order valence-electron chi connectivity index (χ4n) is 2.42. The minimum atomic E-state index is -5.08. The van der Waals surface area contributed by atoms with Crippen molar-refractivity contribution in [1.29, 1.82) is 0 Å². The number of hydrogen-bond donors (Lipinski definition) is 5. The molecule has 0 radical (unpaired) electrons. The van der Waals surface area contributed by atoms with Gasteiger partial charge in [-0.3, -0.25) is 29.4 Å². The van der Waals surface area contributed by atoms with Crippen LogP contribution in [0.4, 0.5) is 52.7 Å². The summed E-state index contributed by atoms with van der Waals surface area (Å²) in [6, 6.07) is 5.55. The summed E-state index contributed by atoms with van der Waals surface area (Å²) in [6.45, 7) is 0. The molecular formula is C21H14F12N2O12. The first-order valence-corrected chi connectivity index (χ1v) is 10.9. The number of halogens is 12. The van der Waals surface area contributed by atoms with Crippen LogP contribution in [0.2, 0.25) is 0 Å². The van der Waals surface area contributed by atoms with Gasteiger partial charge in [0.05, 0.1) is 11.1 Å². The van der Waals surface area contributed by atoms with Gasteiger partial charge in [0.15, 0.2) is 0 Å². The van der Waals surface area contributed by atoms with Crippen LogP contribution in [0.1, 0.15) is 33.6 Å². The smallest absolute Gasteiger partial charge is 0.475 e. The standard InChI is InChI=1S/C13H10N2O4.4C2HF3O2/c16-10-6-5-9(11(17)14-10)15-12(18)7-3-1-2-4-8(7)13(15)19;4*3-2(4,5)1(6)7/h1-4,9H,5-6H2,(H,14,16,17);4*(H,6,7). The van der Waals surface area contributed by atoms with Gasteiger partial charge in [-0.25, -0.2) is 19.2 Å². The number of carbonyl (C=O) groups excluding carboxylic acids is 4. The number of nitrogens with zero attached hydrogens (tertiary/aromatic N) is 1. The van der Waals surface area contributed by atoms with E-state index < -0.39 is 72.3 Å². The maximum absolute atomic E-state index is 12.2. The average molecular weight is 714 g/mol. The summed E-state index contributed by atoms with van der Waals surface area (Å²) in [5, 5.41) is 30.7. The van der Waals surface area contributed by atoms with E-state index in [1.807, 2.05) is 0 Å². The summed E-state index contributed by atoms with van der Waals surface area (Å²) in [7, 11) is 0. The number of piperidine rings is 1. The normalized spacial score (nSPS) is 15.8. The fraction of sp³-hybridized carbons (Fsp3) is 0.333. The first-order chi connectivity index (χ1) is 20.9. The van der Waals surface area contributed by atoms with Crippen LogP contribution in [-0.4, -0.2) is 104 Å². The number of amides is 4. The number of imide groups is 2. The van der Waals surface area contributed by atoms with Crippen molar-refractivity contribution < 1.29 is 111 Å². The molecule has 1 aromatic rings. The van der Waals surface area contributed by atoms with Crippen molar-refractivity contribution in [3.05, 3.63) is 35.4 Å². The van der Waals surface area contributed by atoms with Crippen LogP contribution >= 0.6 is 0 Å². The van der Waals surface area contributed by atoms with Gasteiger partial charge in [0.1, 0.15) is 6.04 Å². The number of carboxylic acids is 4. The minimum absolute atomic E-state index is 0.129. The number of benzene rings is 1. The van der Waals surface area contributed by atoms with Gasteiger partial charge in [-0.05, 0) is 18.6 Å². The van der Waals surface area contributed by atoms with Gasteiger partial charge in [0.25, 0.3) is 11.8 Å². The number of carbonyl (C=O) groups is 8. The van der Waals surface area contributed by atoms with Crippen LogP contribution < -0.4 is 5.32 Å².